The first-order valence-corrected chi connectivity index (χ1v) is 7.35. The minimum absolute atomic E-state index is 0.497. The van der Waals surface area contributed by atoms with E-state index in [0.29, 0.717) is 12.2 Å². The van der Waals surface area contributed by atoms with Crippen LogP contribution in [-0.2, 0) is 6.54 Å². The smallest absolute Gasteiger partial charge is 0.0917 e. The van der Waals surface area contributed by atoms with E-state index >= 15 is 0 Å². The lowest BCUT2D eigenvalue weighted by atomic mass is 10.1. The van der Waals surface area contributed by atoms with E-state index in [1.54, 1.807) is 11.3 Å². The number of likely N-dealkylation sites (N-methyl/N-ethyl adjacent to an activating group) is 1. The minimum atomic E-state index is -0.497. The molecule has 0 amide bonds. The van der Waals surface area contributed by atoms with Gasteiger partial charge in [-0.1, -0.05) is 25.1 Å². The highest BCUT2D eigenvalue weighted by Gasteiger charge is 2.13. The van der Waals surface area contributed by atoms with Crippen molar-refractivity contribution >= 4 is 17.0 Å². The zero-order valence-corrected chi connectivity index (χ0v) is 11.9. The second-order valence-electron chi connectivity index (χ2n) is 4.59. The van der Waals surface area contributed by atoms with Crippen LogP contribution in [0.25, 0.3) is 0 Å². The molecule has 0 aliphatic rings. The zero-order valence-electron chi connectivity index (χ0n) is 11.1. The standard InChI is InChI=1S/C15H20N2OS/c1-2-17(10-14-7-4-8-19-14)11-15(18)12-5-3-6-13(16)9-12/h3-9,15,18H,2,10-11,16H2,1H3. The Kier molecular flexibility index (Phi) is 4.96. The average molecular weight is 276 g/mol. The van der Waals surface area contributed by atoms with Crippen LogP contribution in [0.15, 0.2) is 41.8 Å². The summed E-state index contributed by atoms with van der Waals surface area (Å²) in [5.74, 6) is 0. The SMILES string of the molecule is CCN(Cc1cccs1)CC(O)c1cccc(N)c1. The van der Waals surface area contributed by atoms with Gasteiger partial charge in [0, 0.05) is 23.7 Å². The van der Waals surface area contributed by atoms with E-state index in [1.807, 2.05) is 24.3 Å². The fraction of sp³-hybridized carbons (Fsp3) is 0.333. The summed E-state index contributed by atoms with van der Waals surface area (Å²) in [6.07, 6.45) is -0.497. The summed E-state index contributed by atoms with van der Waals surface area (Å²) in [5.41, 5.74) is 7.32. The van der Waals surface area contributed by atoms with Gasteiger partial charge in [-0.25, -0.2) is 0 Å². The molecule has 1 unspecified atom stereocenters. The van der Waals surface area contributed by atoms with E-state index in [-0.39, 0.29) is 0 Å². The lowest BCUT2D eigenvalue weighted by Crippen LogP contribution is -2.27. The molecule has 1 atom stereocenters. The van der Waals surface area contributed by atoms with E-state index < -0.39 is 6.10 Å². The van der Waals surface area contributed by atoms with Crippen LogP contribution in [0.2, 0.25) is 0 Å². The molecule has 0 saturated heterocycles. The van der Waals surface area contributed by atoms with E-state index in [4.69, 9.17) is 5.73 Å². The van der Waals surface area contributed by atoms with Gasteiger partial charge in [-0.05, 0) is 35.7 Å². The molecule has 2 rings (SSSR count). The molecule has 0 spiro atoms. The van der Waals surface area contributed by atoms with E-state index in [9.17, 15) is 5.11 Å². The maximum Gasteiger partial charge on any atom is 0.0917 e. The highest BCUT2D eigenvalue weighted by molar-refractivity contribution is 7.09. The van der Waals surface area contributed by atoms with Gasteiger partial charge in [-0.15, -0.1) is 11.3 Å². The number of hydrogen-bond donors (Lipinski definition) is 2. The highest BCUT2D eigenvalue weighted by atomic mass is 32.1. The molecule has 0 bridgehead atoms. The van der Waals surface area contributed by atoms with Gasteiger partial charge >= 0.3 is 0 Å². The van der Waals surface area contributed by atoms with Crippen LogP contribution < -0.4 is 5.73 Å². The largest absolute Gasteiger partial charge is 0.399 e. The second-order valence-corrected chi connectivity index (χ2v) is 5.63. The Morgan fingerprint density at radius 3 is 2.79 bits per heavy atom. The summed E-state index contributed by atoms with van der Waals surface area (Å²) in [6.45, 7) is 4.53. The van der Waals surface area contributed by atoms with E-state index in [1.165, 1.54) is 4.88 Å². The molecule has 0 aliphatic heterocycles. The lowest BCUT2D eigenvalue weighted by Gasteiger charge is -2.23. The number of nitrogen functional groups attached to an aromatic ring is 1. The number of hydrogen-bond acceptors (Lipinski definition) is 4. The maximum absolute atomic E-state index is 10.3. The Balaban J connectivity index is 1.97. The summed E-state index contributed by atoms with van der Waals surface area (Å²) in [5, 5.41) is 12.4. The molecule has 1 aromatic heterocycles. The molecule has 0 radical (unpaired) electrons. The Hall–Kier alpha value is -1.36. The van der Waals surface area contributed by atoms with Gasteiger partial charge in [0.1, 0.15) is 0 Å². The van der Waals surface area contributed by atoms with Crippen molar-refractivity contribution in [3.8, 4) is 0 Å². The van der Waals surface area contributed by atoms with Crippen molar-refractivity contribution in [3.05, 3.63) is 52.2 Å². The van der Waals surface area contributed by atoms with Crippen LogP contribution in [0, 0.1) is 0 Å². The van der Waals surface area contributed by atoms with Crippen LogP contribution in [0.4, 0.5) is 5.69 Å². The van der Waals surface area contributed by atoms with E-state index in [2.05, 4.69) is 29.3 Å². The number of rotatable bonds is 6. The van der Waals surface area contributed by atoms with Gasteiger partial charge in [-0.2, -0.15) is 0 Å². The van der Waals surface area contributed by atoms with Crippen molar-refractivity contribution in [2.24, 2.45) is 0 Å². The molecular weight excluding hydrogens is 256 g/mol. The van der Waals surface area contributed by atoms with Crippen molar-refractivity contribution in [3.63, 3.8) is 0 Å². The van der Waals surface area contributed by atoms with Crippen molar-refractivity contribution in [1.82, 2.24) is 4.90 Å². The van der Waals surface area contributed by atoms with Crippen molar-refractivity contribution in [2.75, 3.05) is 18.8 Å². The number of anilines is 1. The summed E-state index contributed by atoms with van der Waals surface area (Å²) in [6, 6.07) is 11.6. The summed E-state index contributed by atoms with van der Waals surface area (Å²) < 4.78 is 0. The summed E-state index contributed by atoms with van der Waals surface area (Å²) in [4.78, 5) is 3.56. The first kappa shape index (κ1) is 14.1. The number of thiophene rings is 1. The van der Waals surface area contributed by atoms with Crippen LogP contribution in [0.1, 0.15) is 23.5 Å². The molecule has 0 aliphatic carbocycles. The normalized spacial score (nSPS) is 12.8. The third-order valence-corrected chi connectivity index (χ3v) is 3.99. The Morgan fingerprint density at radius 2 is 2.16 bits per heavy atom. The predicted molar refractivity (Wildman–Crippen MR) is 81.1 cm³/mol. The molecule has 3 nitrogen and oxygen atoms in total. The quantitative estimate of drug-likeness (QED) is 0.798. The van der Waals surface area contributed by atoms with Gasteiger partial charge in [0.05, 0.1) is 6.10 Å². The van der Waals surface area contributed by atoms with Gasteiger partial charge < -0.3 is 10.8 Å². The molecule has 102 valence electrons. The number of benzene rings is 1. The van der Waals surface area contributed by atoms with Crippen molar-refractivity contribution < 1.29 is 5.11 Å². The highest BCUT2D eigenvalue weighted by Crippen LogP contribution is 2.19. The molecule has 1 aromatic carbocycles. The van der Waals surface area contributed by atoms with Crippen molar-refractivity contribution in [1.29, 1.82) is 0 Å². The van der Waals surface area contributed by atoms with Crippen molar-refractivity contribution in [2.45, 2.75) is 19.6 Å². The molecule has 19 heavy (non-hydrogen) atoms. The van der Waals surface area contributed by atoms with Gasteiger partial charge in [-0.3, -0.25) is 4.90 Å². The molecule has 1 heterocycles. The Morgan fingerprint density at radius 1 is 1.32 bits per heavy atom. The van der Waals surface area contributed by atoms with Crippen LogP contribution in [0.3, 0.4) is 0 Å². The maximum atomic E-state index is 10.3. The van der Waals surface area contributed by atoms with Crippen LogP contribution in [0.5, 0.6) is 0 Å². The van der Waals surface area contributed by atoms with Crippen LogP contribution >= 0.6 is 11.3 Å². The fourth-order valence-corrected chi connectivity index (χ4v) is 2.79. The molecule has 2 aromatic rings. The predicted octanol–water partition coefficient (Wildman–Crippen LogP) is 2.89. The number of aliphatic hydroxyl groups excluding tert-OH is 1. The van der Waals surface area contributed by atoms with Gasteiger partial charge in [0.25, 0.3) is 0 Å². The van der Waals surface area contributed by atoms with E-state index in [0.717, 1.165) is 18.7 Å². The summed E-state index contributed by atoms with van der Waals surface area (Å²) >= 11 is 1.75. The zero-order chi connectivity index (χ0) is 13.7. The lowest BCUT2D eigenvalue weighted by molar-refractivity contribution is 0.113. The third kappa shape index (κ3) is 4.06. The summed E-state index contributed by atoms with van der Waals surface area (Å²) in [7, 11) is 0. The Labute approximate surface area is 118 Å². The fourth-order valence-electron chi connectivity index (χ4n) is 2.04. The number of nitrogens with two attached hydrogens (primary N) is 1. The monoisotopic (exact) mass is 276 g/mol. The average Bonchev–Trinajstić information content (AvgIpc) is 2.90. The number of aliphatic hydroxyl groups is 1. The molecule has 0 fully saturated rings. The first-order valence-electron chi connectivity index (χ1n) is 6.47. The number of nitrogens with zero attached hydrogens (tertiary/aromatic N) is 1. The molecule has 0 saturated carbocycles. The van der Waals surface area contributed by atoms with Gasteiger partial charge in [0.15, 0.2) is 0 Å². The topological polar surface area (TPSA) is 49.5 Å². The molecule has 4 heteroatoms. The molecular formula is C15H20N2OS. The molecule has 3 N–H and O–H groups in total. The first-order chi connectivity index (χ1) is 9.19. The van der Waals surface area contributed by atoms with Crippen LogP contribution in [-0.4, -0.2) is 23.1 Å². The van der Waals surface area contributed by atoms with Gasteiger partial charge in [0.2, 0.25) is 0 Å². The second kappa shape index (κ2) is 6.70. The Bertz CT molecular complexity index is 499. The minimum Gasteiger partial charge on any atom is -0.399 e. The third-order valence-electron chi connectivity index (χ3n) is 3.13.